The quantitative estimate of drug-likeness (QED) is 0.274. The zero-order valence-electron chi connectivity index (χ0n) is 13.8. The Kier molecular flexibility index (Phi) is 10.2. The second-order valence-electron chi connectivity index (χ2n) is 4.89. The molecule has 0 amide bonds. The summed E-state index contributed by atoms with van der Waals surface area (Å²) in [7, 11) is 1.78. The lowest BCUT2D eigenvalue weighted by Gasteiger charge is -2.14. The Balaban J connectivity index is 0.00000288. The van der Waals surface area contributed by atoms with Crippen molar-refractivity contribution in [1.29, 1.82) is 0 Å². The van der Waals surface area contributed by atoms with Gasteiger partial charge in [-0.25, -0.2) is 0 Å². The molecule has 0 spiro atoms. The molecule has 0 bridgehead atoms. The monoisotopic (exact) mass is 457 g/mol. The fraction of sp³-hybridized carbons (Fsp3) is 0.278. The summed E-state index contributed by atoms with van der Waals surface area (Å²) < 4.78 is 5.67. The lowest BCUT2D eigenvalue weighted by Crippen LogP contribution is -2.37. The minimum atomic E-state index is 0. The molecule has 0 radical (unpaired) electrons. The highest BCUT2D eigenvalue weighted by molar-refractivity contribution is 14.0. The van der Waals surface area contributed by atoms with E-state index < -0.39 is 0 Å². The largest absolute Gasteiger partial charge is 0.489 e. The molecule has 4 nitrogen and oxygen atoms in total. The number of benzene rings is 1. The Labute approximate surface area is 165 Å². The Bertz CT molecular complexity index is 629. The molecule has 1 aromatic heterocycles. The Hall–Kier alpha value is -1.54. The summed E-state index contributed by atoms with van der Waals surface area (Å²) in [6.07, 6.45) is 2.74. The Morgan fingerprint density at radius 2 is 2.08 bits per heavy atom. The van der Waals surface area contributed by atoms with Crippen molar-refractivity contribution in [2.75, 3.05) is 20.2 Å². The molecule has 0 aliphatic heterocycles. The number of halogens is 1. The van der Waals surface area contributed by atoms with Crippen molar-refractivity contribution in [2.24, 2.45) is 4.99 Å². The third-order valence-electron chi connectivity index (χ3n) is 3.24. The maximum Gasteiger partial charge on any atom is 0.191 e. The number of guanidine groups is 1. The van der Waals surface area contributed by atoms with Crippen LogP contribution in [0.4, 0.5) is 0 Å². The molecule has 0 atom stereocenters. The number of hydrogen-bond donors (Lipinski definition) is 2. The number of ether oxygens (including phenoxy) is 1. The van der Waals surface area contributed by atoms with E-state index in [4.69, 9.17) is 4.74 Å². The fourth-order valence-electron chi connectivity index (χ4n) is 2.10. The second kappa shape index (κ2) is 11.9. The molecule has 130 valence electrons. The third-order valence-corrected chi connectivity index (χ3v) is 4.18. The van der Waals surface area contributed by atoms with Crippen molar-refractivity contribution >= 4 is 41.3 Å². The smallest absolute Gasteiger partial charge is 0.191 e. The highest BCUT2D eigenvalue weighted by atomic mass is 127. The van der Waals surface area contributed by atoms with Gasteiger partial charge in [-0.15, -0.1) is 35.3 Å². The minimum Gasteiger partial charge on any atom is -0.489 e. The van der Waals surface area contributed by atoms with E-state index in [2.05, 4.69) is 39.7 Å². The van der Waals surface area contributed by atoms with Crippen molar-refractivity contribution in [3.8, 4) is 5.75 Å². The molecule has 1 heterocycles. The van der Waals surface area contributed by atoms with Crippen molar-refractivity contribution in [3.05, 3.63) is 64.9 Å². The Morgan fingerprint density at radius 3 is 2.79 bits per heavy atom. The van der Waals surface area contributed by atoms with Crippen molar-refractivity contribution < 1.29 is 4.74 Å². The fourth-order valence-corrected chi connectivity index (χ4v) is 2.81. The van der Waals surface area contributed by atoms with Gasteiger partial charge in [0.25, 0.3) is 0 Å². The second-order valence-corrected chi connectivity index (χ2v) is 5.92. The normalized spacial score (nSPS) is 10.6. The van der Waals surface area contributed by atoms with Gasteiger partial charge in [0.15, 0.2) is 5.96 Å². The van der Waals surface area contributed by atoms with Gasteiger partial charge >= 0.3 is 0 Å². The predicted molar refractivity (Wildman–Crippen MR) is 114 cm³/mol. The summed E-state index contributed by atoms with van der Waals surface area (Å²) in [6.45, 7) is 5.70. The van der Waals surface area contributed by atoms with Crippen LogP contribution in [0.3, 0.4) is 0 Å². The maximum absolute atomic E-state index is 5.67. The first-order valence-corrected chi connectivity index (χ1v) is 8.50. The molecule has 6 heteroatoms. The van der Waals surface area contributed by atoms with Gasteiger partial charge in [-0.1, -0.05) is 36.9 Å². The molecule has 0 fully saturated rings. The van der Waals surface area contributed by atoms with Crippen LogP contribution in [0.5, 0.6) is 5.75 Å². The van der Waals surface area contributed by atoms with E-state index >= 15 is 0 Å². The van der Waals surface area contributed by atoms with E-state index in [-0.39, 0.29) is 24.0 Å². The summed E-state index contributed by atoms with van der Waals surface area (Å²) >= 11 is 1.78. The number of para-hydroxylation sites is 1. The molecule has 24 heavy (non-hydrogen) atoms. The van der Waals surface area contributed by atoms with Crippen LogP contribution >= 0.6 is 35.3 Å². The topological polar surface area (TPSA) is 45.6 Å². The molecule has 0 aliphatic rings. The first kappa shape index (κ1) is 20.5. The van der Waals surface area contributed by atoms with Gasteiger partial charge in [-0.2, -0.15) is 0 Å². The average Bonchev–Trinajstić information content (AvgIpc) is 3.10. The average molecular weight is 457 g/mol. The van der Waals surface area contributed by atoms with Crippen molar-refractivity contribution in [1.82, 2.24) is 10.6 Å². The molecular formula is C18H24IN3OS. The maximum atomic E-state index is 5.67. The predicted octanol–water partition coefficient (Wildman–Crippen LogP) is 3.84. The molecular weight excluding hydrogens is 433 g/mol. The zero-order chi connectivity index (χ0) is 16.3. The lowest BCUT2D eigenvalue weighted by atomic mass is 10.2. The van der Waals surface area contributed by atoms with Crippen molar-refractivity contribution in [3.63, 3.8) is 0 Å². The van der Waals surface area contributed by atoms with E-state index in [1.54, 1.807) is 24.5 Å². The first-order valence-electron chi connectivity index (χ1n) is 7.62. The van der Waals surface area contributed by atoms with Gasteiger partial charge < -0.3 is 15.4 Å². The van der Waals surface area contributed by atoms with Crippen LogP contribution in [-0.2, 0) is 13.0 Å². The van der Waals surface area contributed by atoms with E-state index in [0.29, 0.717) is 13.2 Å². The molecule has 0 saturated heterocycles. The SMILES string of the molecule is C=CCOc1ccccc1CNC(=NC)NCCc1cccs1.I. The van der Waals surface area contributed by atoms with Gasteiger partial charge in [-0.3, -0.25) is 4.99 Å². The highest BCUT2D eigenvalue weighted by Gasteiger charge is 2.04. The summed E-state index contributed by atoms with van der Waals surface area (Å²) in [5.41, 5.74) is 1.09. The van der Waals surface area contributed by atoms with E-state index in [1.807, 2.05) is 24.3 Å². The number of thiophene rings is 1. The molecule has 0 saturated carbocycles. The third kappa shape index (κ3) is 6.92. The number of nitrogens with zero attached hydrogens (tertiary/aromatic N) is 1. The van der Waals surface area contributed by atoms with Crippen LogP contribution in [0.1, 0.15) is 10.4 Å². The van der Waals surface area contributed by atoms with E-state index in [9.17, 15) is 0 Å². The van der Waals surface area contributed by atoms with E-state index in [1.165, 1.54) is 4.88 Å². The summed E-state index contributed by atoms with van der Waals surface area (Å²) in [6, 6.07) is 12.2. The van der Waals surface area contributed by atoms with E-state index in [0.717, 1.165) is 30.2 Å². The standard InChI is InChI=1S/C18H23N3OS.HI/c1-3-12-22-17-9-5-4-7-15(17)14-21-18(19-2)20-11-10-16-8-6-13-23-16;/h3-9,13H,1,10-12,14H2,2H3,(H2,19,20,21);1H. The van der Waals surface area contributed by atoms with Crippen LogP contribution < -0.4 is 15.4 Å². The van der Waals surface area contributed by atoms with Crippen LogP contribution in [0.25, 0.3) is 0 Å². The lowest BCUT2D eigenvalue weighted by molar-refractivity contribution is 0.358. The van der Waals surface area contributed by atoms with Gasteiger partial charge in [-0.05, 0) is 23.9 Å². The van der Waals surface area contributed by atoms with Crippen molar-refractivity contribution in [2.45, 2.75) is 13.0 Å². The van der Waals surface area contributed by atoms with Crippen LogP contribution in [0.15, 0.2) is 59.4 Å². The van der Waals surface area contributed by atoms with Gasteiger partial charge in [0.1, 0.15) is 12.4 Å². The number of aliphatic imine (C=N–C) groups is 1. The van der Waals surface area contributed by atoms with Gasteiger partial charge in [0.2, 0.25) is 0 Å². The number of hydrogen-bond acceptors (Lipinski definition) is 3. The van der Waals surface area contributed by atoms with Gasteiger partial charge in [0, 0.05) is 30.6 Å². The first-order chi connectivity index (χ1) is 11.3. The van der Waals surface area contributed by atoms with Gasteiger partial charge in [0.05, 0.1) is 0 Å². The molecule has 2 N–H and O–H groups in total. The molecule has 2 rings (SSSR count). The Morgan fingerprint density at radius 1 is 1.25 bits per heavy atom. The molecule has 0 aliphatic carbocycles. The molecule has 1 aromatic carbocycles. The zero-order valence-corrected chi connectivity index (χ0v) is 17.0. The number of nitrogens with one attached hydrogen (secondary N) is 2. The molecule has 0 unspecified atom stereocenters. The van der Waals surface area contributed by atoms with Crippen LogP contribution in [0.2, 0.25) is 0 Å². The summed E-state index contributed by atoms with van der Waals surface area (Å²) in [5.74, 6) is 1.66. The molecule has 2 aromatic rings. The summed E-state index contributed by atoms with van der Waals surface area (Å²) in [4.78, 5) is 5.63. The summed E-state index contributed by atoms with van der Waals surface area (Å²) in [5, 5.41) is 8.75. The van der Waals surface area contributed by atoms with Crippen LogP contribution in [-0.4, -0.2) is 26.2 Å². The highest BCUT2D eigenvalue weighted by Crippen LogP contribution is 2.17. The number of rotatable bonds is 8. The van der Waals surface area contributed by atoms with Crippen LogP contribution in [0, 0.1) is 0 Å². The minimum absolute atomic E-state index is 0.